The molecule has 0 unspecified atom stereocenters. The summed E-state index contributed by atoms with van der Waals surface area (Å²) in [6, 6.07) is 8.95. The van der Waals surface area contributed by atoms with Crippen molar-refractivity contribution in [3.05, 3.63) is 58.5 Å². The average molecular weight is 366 g/mol. The third-order valence-electron chi connectivity index (χ3n) is 4.71. The Morgan fingerprint density at radius 2 is 2.11 bits per heavy atom. The Kier molecular flexibility index (Phi) is 4.75. The molecule has 2 aromatic rings. The summed E-state index contributed by atoms with van der Waals surface area (Å²) in [5.74, 6) is 5.09. The minimum atomic E-state index is -0.535. The van der Waals surface area contributed by atoms with Gasteiger partial charge in [-0.3, -0.25) is 4.79 Å². The highest BCUT2D eigenvalue weighted by molar-refractivity contribution is 6.00. The molecule has 0 saturated carbocycles. The zero-order valence-corrected chi connectivity index (χ0v) is 14.6. The summed E-state index contributed by atoms with van der Waals surface area (Å²) in [6.07, 6.45) is 0.654. The van der Waals surface area contributed by atoms with Gasteiger partial charge in [0.15, 0.2) is 11.6 Å². The molecule has 0 aliphatic carbocycles. The molecule has 0 radical (unpaired) electrons. The number of nitrogens with one attached hydrogen (secondary N) is 2. The quantitative estimate of drug-likeness (QED) is 0.699. The topological polar surface area (TPSA) is 89.3 Å². The van der Waals surface area contributed by atoms with Crippen LogP contribution in [0.15, 0.2) is 30.3 Å². The van der Waals surface area contributed by atoms with E-state index >= 15 is 0 Å². The predicted octanol–water partition coefficient (Wildman–Crippen LogP) is 1.39. The van der Waals surface area contributed by atoms with Crippen molar-refractivity contribution in [2.45, 2.75) is 25.0 Å². The number of carbonyl (C=O) groups is 1. The third-order valence-corrected chi connectivity index (χ3v) is 4.71. The zero-order valence-electron chi connectivity index (χ0n) is 14.6. The number of halogens is 1. The second kappa shape index (κ2) is 7.35. The Hall–Kier alpha value is -2.95. The lowest BCUT2D eigenvalue weighted by Crippen LogP contribution is -2.48. The van der Waals surface area contributed by atoms with E-state index in [4.69, 9.17) is 10.5 Å². The third kappa shape index (κ3) is 3.50. The van der Waals surface area contributed by atoms with Gasteiger partial charge in [0.2, 0.25) is 0 Å². The maximum atomic E-state index is 14.9. The van der Waals surface area contributed by atoms with Crippen LogP contribution in [-0.2, 0) is 11.3 Å². The highest BCUT2D eigenvalue weighted by Gasteiger charge is 2.31. The number of nitrogens with zero attached hydrogens (tertiary/aromatic N) is 1. The second-order valence-corrected chi connectivity index (χ2v) is 6.55. The Morgan fingerprint density at radius 1 is 1.30 bits per heavy atom. The first-order chi connectivity index (χ1) is 13.1. The summed E-state index contributed by atoms with van der Waals surface area (Å²) in [4.78, 5) is 16.5. The number of rotatable bonds is 2. The number of ether oxygens (including phenoxy) is 1. The van der Waals surface area contributed by atoms with E-state index in [1.165, 1.54) is 0 Å². The van der Waals surface area contributed by atoms with Crippen molar-refractivity contribution < 1.29 is 13.9 Å². The van der Waals surface area contributed by atoms with Crippen LogP contribution in [0.1, 0.15) is 33.6 Å². The number of benzene rings is 1. The smallest absolute Gasteiger partial charge is 0.254 e. The molecule has 1 amide bonds. The van der Waals surface area contributed by atoms with Crippen LogP contribution in [0.2, 0.25) is 0 Å². The van der Waals surface area contributed by atoms with Gasteiger partial charge in [0.1, 0.15) is 5.69 Å². The standard InChI is InChI=1S/C20H19FN4O2/c21-18-13-10-23-20(26)17(13)16(7-6-12-4-2-1-3-5-12)25-19(18)24-15-8-9-27-11-14(15)22/h1-5,14-15H,8-11,22H2,(H,23,26)(H,24,25)/t14-,15+/m0/s1. The molecule has 1 saturated heterocycles. The van der Waals surface area contributed by atoms with Crippen molar-refractivity contribution in [3.8, 4) is 11.8 Å². The molecule has 6 nitrogen and oxygen atoms in total. The van der Waals surface area contributed by atoms with Gasteiger partial charge in [0, 0.05) is 36.4 Å². The molecule has 2 atom stereocenters. The van der Waals surface area contributed by atoms with Crippen LogP contribution in [0.25, 0.3) is 0 Å². The van der Waals surface area contributed by atoms with Crippen molar-refractivity contribution in [2.24, 2.45) is 5.73 Å². The summed E-state index contributed by atoms with van der Waals surface area (Å²) in [5, 5.41) is 5.73. The molecule has 3 heterocycles. The van der Waals surface area contributed by atoms with Gasteiger partial charge in [0.25, 0.3) is 5.91 Å². The minimum Gasteiger partial charge on any atom is -0.380 e. The lowest BCUT2D eigenvalue weighted by molar-refractivity contribution is 0.0751. The molecular formula is C20H19FN4O2. The van der Waals surface area contributed by atoms with Gasteiger partial charge < -0.3 is 21.1 Å². The normalized spacial score (nSPS) is 21.0. The summed E-state index contributed by atoms with van der Waals surface area (Å²) >= 11 is 0. The van der Waals surface area contributed by atoms with Gasteiger partial charge in [-0.2, -0.15) is 0 Å². The van der Waals surface area contributed by atoms with E-state index in [0.717, 1.165) is 5.56 Å². The van der Waals surface area contributed by atoms with E-state index in [1.54, 1.807) is 0 Å². The Morgan fingerprint density at radius 3 is 2.89 bits per heavy atom. The average Bonchev–Trinajstić information content (AvgIpc) is 3.08. The van der Waals surface area contributed by atoms with Crippen LogP contribution in [0.4, 0.5) is 10.2 Å². The fraction of sp³-hybridized carbons (Fsp3) is 0.300. The monoisotopic (exact) mass is 366 g/mol. The van der Waals surface area contributed by atoms with Gasteiger partial charge >= 0.3 is 0 Å². The van der Waals surface area contributed by atoms with Crippen LogP contribution in [0.5, 0.6) is 0 Å². The number of carbonyl (C=O) groups excluding carboxylic acids is 1. The first kappa shape index (κ1) is 17.5. The molecule has 4 rings (SSSR count). The number of pyridine rings is 1. The minimum absolute atomic E-state index is 0.0740. The van der Waals surface area contributed by atoms with Crippen molar-refractivity contribution in [1.29, 1.82) is 0 Å². The van der Waals surface area contributed by atoms with Crippen molar-refractivity contribution in [2.75, 3.05) is 18.5 Å². The van der Waals surface area contributed by atoms with Crippen molar-refractivity contribution >= 4 is 11.7 Å². The van der Waals surface area contributed by atoms with Crippen LogP contribution in [-0.4, -0.2) is 36.2 Å². The van der Waals surface area contributed by atoms with Gasteiger partial charge in [-0.25, -0.2) is 9.37 Å². The molecule has 1 aromatic heterocycles. The van der Waals surface area contributed by atoms with Crippen molar-refractivity contribution in [1.82, 2.24) is 10.3 Å². The van der Waals surface area contributed by atoms with E-state index in [0.29, 0.717) is 19.6 Å². The molecular weight excluding hydrogens is 347 g/mol. The molecule has 27 heavy (non-hydrogen) atoms. The summed E-state index contributed by atoms with van der Waals surface area (Å²) < 4.78 is 20.3. The highest BCUT2D eigenvalue weighted by atomic mass is 19.1. The van der Waals surface area contributed by atoms with Crippen LogP contribution in [0, 0.1) is 17.7 Å². The molecule has 1 fully saturated rings. The molecule has 7 heteroatoms. The van der Waals surface area contributed by atoms with Crippen LogP contribution < -0.4 is 16.4 Å². The number of hydrogen-bond donors (Lipinski definition) is 3. The van der Waals surface area contributed by atoms with Gasteiger partial charge in [-0.1, -0.05) is 24.1 Å². The molecule has 2 aliphatic rings. The summed E-state index contributed by atoms with van der Waals surface area (Å²) in [6.45, 7) is 1.08. The molecule has 0 spiro atoms. The highest BCUT2D eigenvalue weighted by Crippen LogP contribution is 2.27. The van der Waals surface area contributed by atoms with E-state index in [9.17, 15) is 9.18 Å². The number of amides is 1. The first-order valence-electron chi connectivity index (χ1n) is 8.81. The lowest BCUT2D eigenvalue weighted by Gasteiger charge is -2.30. The predicted molar refractivity (Wildman–Crippen MR) is 98.6 cm³/mol. The maximum absolute atomic E-state index is 14.9. The number of hydrogen-bond acceptors (Lipinski definition) is 5. The fourth-order valence-electron chi connectivity index (χ4n) is 3.23. The maximum Gasteiger partial charge on any atom is 0.254 e. The Labute approximate surface area is 156 Å². The van der Waals surface area contributed by atoms with Crippen LogP contribution in [0.3, 0.4) is 0 Å². The van der Waals surface area contributed by atoms with Gasteiger partial charge in [-0.05, 0) is 24.5 Å². The Bertz CT molecular complexity index is 936. The van der Waals surface area contributed by atoms with Crippen LogP contribution >= 0.6 is 0 Å². The number of nitrogens with two attached hydrogens (primary N) is 1. The van der Waals surface area contributed by atoms with Gasteiger partial charge in [0.05, 0.1) is 12.2 Å². The largest absolute Gasteiger partial charge is 0.380 e. The van der Waals surface area contributed by atoms with Crippen molar-refractivity contribution in [3.63, 3.8) is 0 Å². The summed E-state index contributed by atoms with van der Waals surface area (Å²) in [5.41, 5.74) is 7.59. The molecule has 2 aliphatic heterocycles. The van der Waals surface area contributed by atoms with E-state index in [2.05, 4.69) is 27.5 Å². The molecule has 4 N–H and O–H groups in total. The summed E-state index contributed by atoms with van der Waals surface area (Å²) in [7, 11) is 0. The van der Waals surface area contributed by atoms with E-state index < -0.39 is 5.82 Å². The number of aromatic nitrogens is 1. The second-order valence-electron chi connectivity index (χ2n) is 6.55. The van der Waals surface area contributed by atoms with E-state index in [1.807, 2.05) is 30.3 Å². The number of fused-ring (bicyclic) bond motifs is 1. The number of anilines is 1. The molecule has 138 valence electrons. The Balaban J connectivity index is 1.73. The molecule has 1 aromatic carbocycles. The lowest BCUT2D eigenvalue weighted by atomic mass is 10.0. The first-order valence-corrected chi connectivity index (χ1v) is 8.81. The molecule has 0 bridgehead atoms. The SMILES string of the molecule is N[C@H]1COCC[C@H]1Nc1nc(C#Cc2ccccc2)c2c(c1F)CNC2=O. The van der Waals surface area contributed by atoms with E-state index in [-0.39, 0.29) is 47.2 Å². The van der Waals surface area contributed by atoms with Gasteiger partial charge in [-0.15, -0.1) is 0 Å². The fourth-order valence-corrected chi connectivity index (χ4v) is 3.23. The zero-order chi connectivity index (χ0) is 18.8.